The summed E-state index contributed by atoms with van der Waals surface area (Å²) in [5.74, 6) is -0.829. The van der Waals surface area contributed by atoms with Crippen LogP contribution in [0.15, 0.2) is 224 Å². The molecule has 0 unspecified atom stereocenters. The first kappa shape index (κ1) is 51.2. The number of nitrogens with one attached hydrogen (secondary N) is 3. The fraction of sp³-hybridized carbons (Fsp3) is 0.226. The molecule has 1 aliphatic rings. The zero-order valence-electron chi connectivity index (χ0n) is 40.3. The summed E-state index contributed by atoms with van der Waals surface area (Å²) in [5.41, 5.74) is 7.40. The number of hydrogen-bond acceptors (Lipinski definition) is 7. The molecule has 0 spiro atoms. The van der Waals surface area contributed by atoms with Gasteiger partial charge >= 0.3 is 5.97 Å². The third-order valence-corrected chi connectivity index (χ3v) is 16.1. The first-order valence-electron chi connectivity index (χ1n) is 24.7. The van der Waals surface area contributed by atoms with Crippen molar-refractivity contribution in [3.8, 4) is 0 Å². The summed E-state index contributed by atoms with van der Waals surface area (Å²) in [6.45, 7) is 0.298. The summed E-state index contributed by atoms with van der Waals surface area (Å²) in [6.07, 6.45) is 4.61. The van der Waals surface area contributed by atoms with Gasteiger partial charge in [0.1, 0.15) is 18.2 Å². The molecule has 0 saturated carbocycles. The van der Waals surface area contributed by atoms with E-state index < -0.39 is 45.5 Å². The number of esters is 1. The molecule has 3 atom stereocenters. The summed E-state index contributed by atoms with van der Waals surface area (Å²) in [4.78, 5) is 56.6. The van der Waals surface area contributed by atoms with Crippen molar-refractivity contribution in [3.05, 3.63) is 263 Å². The smallest absolute Gasteiger partial charge is 0.306 e. The molecule has 7 aromatic carbocycles. The van der Waals surface area contributed by atoms with Crippen LogP contribution < -0.4 is 16.0 Å². The van der Waals surface area contributed by atoms with Gasteiger partial charge in [-0.25, -0.2) is 0 Å². The van der Waals surface area contributed by atoms with Crippen LogP contribution in [-0.4, -0.2) is 59.9 Å². The van der Waals surface area contributed by atoms with E-state index in [1.165, 1.54) is 0 Å². The van der Waals surface area contributed by atoms with E-state index in [0.29, 0.717) is 25.8 Å². The van der Waals surface area contributed by atoms with Gasteiger partial charge in [-0.15, -0.1) is 23.5 Å². The maximum absolute atomic E-state index is 14.7. The molecule has 10 heteroatoms. The Morgan fingerprint density at radius 3 is 1.39 bits per heavy atom. The van der Waals surface area contributed by atoms with E-state index in [1.807, 2.05) is 121 Å². The highest BCUT2D eigenvalue weighted by molar-refractivity contribution is 8.00. The summed E-state index contributed by atoms with van der Waals surface area (Å²) in [6, 6.07) is 69.6. The zero-order chi connectivity index (χ0) is 49.9. The van der Waals surface area contributed by atoms with Crippen molar-refractivity contribution in [3.63, 3.8) is 0 Å². The van der Waals surface area contributed by atoms with Gasteiger partial charge in [0.2, 0.25) is 17.7 Å². The van der Waals surface area contributed by atoms with Crippen LogP contribution in [0, 0.1) is 0 Å². The molecule has 3 amide bonds. The van der Waals surface area contributed by atoms with Crippen molar-refractivity contribution in [2.45, 2.75) is 66.2 Å². The molecule has 3 N–H and O–H groups in total. The highest BCUT2D eigenvalue weighted by Gasteiger charge is 2.40. The molecule has 8 nitrogen and oxygen atoms in total. The van der Waals surface area contributed by atoms with Gasteiger partial charge in [-0.2, -0.15) is 0 Å². The molecule has 0 aromatic heterocycles. The molecular weight excluding hydrogens is 931 g/mol. The molecule has 1 saturated heterocycles. The average Bonchev–Trinajstić information content (AvgIpc) is 3.43. The number of cyclic esters (lactones) is 1. The maximum atomic E-state index is 14.7. The lowest BCUT2D eigenvalue weighted by atomic mass is 9.84. The first-order valence-corrected chi connectivity index (χ1v) is 26.7. The minimum absolute atomic E-state index is 0.117. The van der Waals surface area contributed by atoms with Crippen molar-refractivity contribution in [1.29, 1.82) is 0 Å². The van der Waals surface area contributed by atoms with E-state index in [4.69, 9.17) is 4.74 Å². The van der Waals surface area contributed by atoms with Crippen LogP contribution >= 0.6 is 23.5 Å². The second-order valence-electron chi connectivity index (χ2n) is 17.8. The standard InChI is InChI=1S/C62H61N3O5S2/c66-57-45-54(40-23-25-43-71-61(48-28-10-2-11-29-48,49-30-12-3-13-31-49)50-32-14-4-15-33-50)70-58(67)41-22-24-42-63-59(68)56(65-60(69)55(64-57)44-47-26-8-1-9-27-47)46-72-62(51-34-16-5-17-35-51,52-36-18-6-19-37-52)53-38-20-7-21-39-53/h1-21,23,26-40,54-56H,22,24-25,41-46H2,(H,63,68)(H,64,66)(H,65,69)/t54-,55-,56-/m1/s1. The molecule has 0 bridgehead atoms. The van der Waals surface area contributed by atoms with Crippen molar-refractivity contribution in [2.75, 3.05) is 18.1 Å². The van der Waals surface area contributed by atoms with Gasteiger partial charge in [0.15, 0.2) is 0 Å². The Bertz CT molecular complexity index is 2630. The van der Waals surface area contributed by atoms with Crippen LogP contribution in [0.25, 0.3) is 0 Å². The van der Waals surface area contributed by atoms with Crippen molar-refractivity contribution in [1.82, 2.24) is 16.0 Å². The van der Waals surface area contributed by atoms with Crippen LogP contribution in [0.4, 0.5) is 0 Å². The van der Waals surface area contributed by atoms with Crippen LogP contribution in [0.2, 0.25) is 0 Å². The molecule has 0 aliphatic carbocycles. The predicted molar refractivity (Wildman–Crippen MR) is 292 cm³/mol. The molecule has 1 heterocycles. The van der Waals surface area contributed by atoms with Crippen LogP contribution in [0.3, 0.4) is 0 Å². The fourth-order valence-corrected chi connectivity index (χ4v) is 12.4. The molecule has 1 fully saturated rings. The molecule has 72 heavy (non-hydrogen) atoms. The topological polar surface area (TPSA) is 114 Å². The van der Waals surface area contributed by atoms with Gasteiger partial charge < -0.3 is 20.7 Å². The monoisotopic (exact) mass is 991 g/mol. The molecule has 8 rings (SSSR count). The average molecular weight is 992 g/mol. The number of hydrogen-bond donors (Lipinski definition) is 3. The van der Waals surface area contributed by atoms with E-state index in [0.717, 1.165) is 44.7 Å². The molecule has 366 valence electrons. The molecule has 1 aliphatic heterocycles. The van der Waals surface area contributed by atoms with Crippen LogP contribution in [0.1, 0.15) is 71.0 Å². The number of carbonyl (C=O) groups excluding carboxylic acids is 4. The first-order chi connectivity index (χ1) is 35.3. The van der Waals surface area contributed by atoms with Crippen molar-refractivity contribution >= 4 is 47.2 Å². The van der Waals surface area contributed by atoms with Gasteiger partial charge in [0, 0.05) is 25.1 Å². The number of carbonyl (C=O) groups is 4. The maximum Gasteiger partial charge on any atom is 0.306 e. The number of rotatable bonds is 16. The number of thioether (sulfide) groups is 2. The van der Waals surface area contributed by atoms with Crippen molar-refractivity contribution < 1.29 is 23.9 Å². The summed E-state index contributed by atoms with van der Waals surface area (Å²) >= 11 is 3.40. The lowest BCUT2D eigenvalue weighted by Gasteiger charge is -2.36. The lowest BCUT2D eigenvalue weighted by molar-refractivity contribution is -0.148. The number of allylic oxidation sites excluding steroid dienone is 1. The van der Waals surface area contributed by atoms with E-state index >= 15 is 0 Å². The largest absolute Gasteiger partial charge is 0.458 e. The lowest BCUT2D eigenvalue weighted by Crippen LogP contribution is -2.56. The van der Waals surface area contributed by atoms with E-state index in [-0.39, 0.29) is 30.9 Å². The van der Waals surface area contributed by atoms with Gasteiger partial charge in [0.05, 0.1) is 15.9 Å². The van der Waals surface area contributed by atoms with Crippen molar-refractivity contribution in [2.24, 2.45) is 0 Å². The van der Waals surface area contributed by atoms with Gasteiger partial charge in [0.25, 0.3) is 0 Å². The number of ether oxygens (including phenoxy) is 1. The van der Waals surface area contributed by atoms with Gasteiger partial charge in [-0.3, -0.25) is 19.2 Å². The van der Waals surface area contributed by atoms with Gasteiger partial charge in [-0.05, 0) is 70.0 Å². The van der Waals surface area contributed by atoms with Gasteiger partial charge in [-0.1, -0.05) is 218 Å². The minimum atomic E-state index is -1.05. The van der Waals surface area contributed by atoms with Crippen LogP contribution in [0.5, 0.6) is 0 Å². The minimum Gasteiger partial charge on any atom is -0.458 e. The third kappa shape index (κ3) is 13.0. The normalized spacial score (nSPS) is 17.6. The second-order valence-corrected chi connectivity index (χ2v) is 20.3. The fourth-order valence-electron chi connectivity index (χ4n) is 9.33. The highest BCUT2D eigenvalue weighted by atomic mass is 32.2. The molecule has 0 radical (unpaired) electrons. The number of amides is 3. The summed E-state index contributed by atoms with van der Waals surface area (Å²) < 4.78 is 4.74. The summed E-state index contributed by atoms with van der Waals surface area (Å²) in [7, 11) is 0. The molecule has 7 aromatic rings. The van der Waals surface area contributed by atoms with Crippen LogP contribution in [-0.2, 0) is 39.8 Å². The summed E-state index contributed by atoms with van der Waals surface area (Å²) in [5, 5.41) is 9.13. The molecular formula is C62H61N3O5S2. The third-order valence-electron chi connectivity index (χ3n) is 12.8. The quantitative estimate of drug-likeness (QED) is 0.0382. The van der Waals surface area contributed by atoms with E-state index in [1.54, 1.807) is 17.8 Å². The highest BCUT2D eigenvalue weighted by Crippen LogP contribution is 2.50. The van der Waals surface area contributed by atoms with E-state index in [2.05, 4.69) is 125 Å². The zero-order valence-corrected chi connectivity index (χ0v) is 41.9. The Balaban J connectivity index is 1.04. The number of benzene rings is 7. The Labute approximate surface area is 432 Å². The second kappa shape index (κ2) is 25.8. The Kier molecular flexibility index (Phi) is 18.4. The Morgan fingerprint density at radius 1 is 0.500 bits per heavy atom. The van der Waals surface area contributed by atoms with E-state index in [9.17, 15) is 19.2 Å². The Morgan fingerprint density at radius 2 is 0.931 bits per heavy atom. The predicted octanol–water partition coefficient (Wildman–Crippen LogP) is 11.2. The SMILES string of the molecule is O=C1C[C@@H](C=CCCSC(c2ccccc2)(c2ccccc2)c2ccccc2)OC(=O)CCCCNC(=O)[C@@H](CSC(c2ccccc2)(c2ccccc2)c2ccccc2)NC(=O)[C@@H](Cc2ccccc2)N1. The Hall–Kier alpha value is -7.14.